The van der Waals surface area contributed by atoms with Gasteiger partial charge in [0.25, 0.3) is 0 Å². The van der Waals surface area contributed by atoms with E-state index in [4.69, 9.17) is 28.3 Å². The first-order valence-corrected chi connectivity index (χ1v) is 11.1. The topological polar surface area (TPSA) is 33.1 Å². The molecule has 150 valence electrons. The van der Waals surface area contributed by atoms with E-state index in [9.17, 15) is 0 Å². The van der Waals surface area contributed by atoms with Crippen molar-refractivity contribution in [1.82, 2.24) is 14.7 Å². The van der Waals surface area contributed by atoms with Crippen LogP contribution in [0.15, 0.2) is 48.5 Å². The van der Waals surface area contributed by atoms with Gasteiger partial charge in [-0.15, -0.1) is 0 Å². The molecule has 2 aliphatic rings. The maximum Gasteiger partial charge on any atom is 0.133 e. The molecule has 0 amide bonds. The second kappa shape index (κ2) is 8.02. The zero-order valence-corrected chi connectivity index (χ0v) is 17.8. The molecule has 5 rings (SSSR count). The van der Waals surface area contributed by atoms with Crippen LogP contribution in [0.1, 0.15) is 42.1 Å². The molecule has 29 heavy (non-hydrogen) atoms. The van der Waals surface area contributed by atoms with Crippen molar-refractivity contribution in [2.45, 2.75) is 38.3 Å². The van der Waals surface area contributed by atoms with Gasteiger partial charge in [-0.1, -0.05) is 60.0 Å². The molecule has 0 bridgehead atoms. The number of likely N-dealkylation sites (tertiary alicyclic amines) is 1. The highest BCUT2D eigenvalue weighted by molar-refractivity contribution is 6.35. The minimum absolute atomic E-state index is 0.338. The third-order valence-corrected chi connectivity index (χ3v) is 6.52. The predicted molar refractivity (Wildman–Crippen MR) is 119 cm³/mol. The molecular formula is C23H24Cl2N4. The van der Waals surface area contributed by atoms with Crippen molar-refractivity contribution in [3.8, 4) is 5.69 Å². The summed E-state index contributed by atoms with van der Waals surface area (Å²) in [5.74, 6) is 1.08. The van der Waals surface area contributed by atoms with E-state index >= 15 is 0 Å². The van der Waals surface area contributed by atoms with E-state index in [0.717, 1.165) is 44.0 Å². The molecule has 1 saturated heterocycles. The minimum atomic E-state index is 0.338. The van der Waals surface area contributed by atoms with Gasteiger partial charge in [-0.3, -0.25) is 4.90 Å². The van der Waals surface area contributed by atoms with Crippen LogP contribution in [0.4, 0.5) is 5.82 Å². The lowest BCUT2D eigenvalue weighted by Crippen LogP contribution is -2.33. The fourth-order valence-corrected chi connectivity index (χ4v) is 5.09. The molecule has 4 nitrogen and oxygen atoms in total. The summed E-state index contributed by atoms with van der Waals surface area (Å²) in [6.45, 7) is 3.01. The van der Waals surface area contributed by atoms with Crippen LogP contribution in [-0.2, 0) is 13.0 Å². The number of piperidine rings is 1. The molecular weight excluding hydrogens is 403 g/mol. The third kappa shape index (κ3) is 3.65. The fourth-order valence-electron chi connectivity index (χ4n) is 4.60. The number of rotatable bonds is 4. The zero-order chi connectivity index (χ0) is 19.8. The number of benzene rings is 2. The summed E-state index contributed by atoms with van der Waals surface area (Å²) in [7, 11) is 0. The summed E-state index contributed by atoms with van der Waals surface area (Å²) in [6, 6.07) is 16.7. The number of hydrogen-bond donors (Lipinski definition) is 1. The molecule has 1 atom stereocenters. The Labute approximate surface area is 181 Å². The average molecular weight is 427 g/mol. The third-order valence-electron chi connectivity index (χ3n) is 5.98. The molecule has 1 aromatic heterocycles. The van der Waals surface area contributed by atoms with Crippen molar-refractivity contribution in [1.29, 1.82) is 0 Å². The van der Waals surface area contributed by atoms with Crippen molar-refractivity contribution >= 4 is 29.0 Å². The van der Waals surface area contributed by atoms with Crippen molar-refractivity contribution in [3.63, 3.8) is 0 Å². The van der Waals surface area contributed by atoms with Crippen LogP contribution in [0.25, 0.3) is 5.69 Å². The lowest BCUT2D eigenvalue weighted by molar-refractivity contribution is 0.136. The second-order valence-electron chi connectivity index (χ2n) is 7.86. The highest BCUT2D eigenvalue weighted by atomic mass is 35.5. The number of anilines is 1. The van der Waals surface area contributed by atoms with E-state index in [1.165, 1.54) is 29.7 Å². The number of nitrogens with one attached hydrogen (secondary N) is 1. The van der Waals surface area contributed by atoms with Gasteiger partial charge in [-0.2, -0.15) is 5.10 Å². The zero-order valence-electron chi connectivity index (χ0n) is 16.2. The number of halogens is 2. The highest BCUT2D eigenvalue weighted by Crippen LogP contribution is 2.39. The maximum absolute atomic E-state index is 6.51. The van der Waals surface area contributed by atoms with E-state index in [-0.39, 0.29) is 0 Å². The van der Waals surface area contributed by atoms with Crippen LogP contribution in [0, 0.1) is 0 Å². The fraction of sp³-hybridized carbons (Fsp3) is 0.348. The number of fused-ring (bicyclic) bond motifs is 1. The molecule has 0 spiro atoms. The summed E-state index contributed by atoms with van der Waals surface area (Å²) < 4.78 is 1.98. The summed E-state index contributed by atoms with van der Waals surface area (Å²) >= 11 is 12.6. The first-order valence-electron chi connectivity index (χ1n) is 10.3. The van der Waals surface area contributed by atoms with Crippen LogP contribution in [0.5, 0.6) is 0 Å². The number of nitrogens with zero attached hydrogens (tertiary/aromatic N) is 3. The van der Waals surface area contributed by atoms with Crippen LogP contribution in [0.3, 0.4) is 0 Å². The first kappa shape index (κ1) is 19.0. The monoisotopic (exact) mass is 426 g/mol. The Balaban J connectivity index is 1.53. The van der Waals surface area contributed by atoms with E-state index in [1.54, 1.807) is 6.07 Å². The van der Waals surface area contributed by atoms with Crippen LogP contribution in [0.2, 0.25) is 10.0 Å². The molecule has 6 heteroatoms. The summed E-state index contributed by atoms with van der Waals surface area (Å²) in [5.41, 5.74) is 4.76. The van der Waals surface area contributed by atoms with Crippen LogP contribution in [-0.4, -0.2) is 27.8 Å². The van der Waals surface area contributed by atoms with Gasteiger partial charge in [-0.25, -0.2) is 4.68 Å². The summed E-state index contributed by atoms with van der Waals surface area (Å²) in [6.07, 6.45) is 4.64. The first-order chi connectivity index (χ1) is 14.2. The second-order valence-corrected chi connectivity index (χ2v) is 8.71. The van der Waals surface area contributed by atoms with Crippen molar-refractivity contribution in [3.05, 3.63) is 75.4 Å². The Kier molecular flexibility index (Phi) is 5.25. The quantitative estimate of drug-likeness (QED) is 0.565. The Morgan fingerprint density at radius 1 is 1.07 bits per heavy atom. The Hall–Kier alpha value is -2.01. The largest absolute Gasteiger partial charge is 0.369 e. The highest BCUT2D eigenvalue weighted by Gasteiger charge is 2.33. The van der Waals surface area contributed by atoms with Gasteiger partial charge >= 0.3 is 0 Å². The molecule has 1 N–H and O–H groups in total. The number of aromatic nitrogens is 2. The molecule has 0 radical (unpaired) electrons. The average Bonchev–Trinajstić information content (AvgIpc) is 3.33. The van der Waals surface area contributed by atoms with E-state index < -0.39 is 0 Å². The van der Waals surface area contributed by atoms with Gasteiger partial charge in [-0.05, 0) is 49.6 Å². The lowest BCUT2D eigenvalue weighted by atomic mass is 9.95. The molecule has 3 aromatic rings. The number of hydrogen-bond acceptors (Lipinski definition) is 3. The maximum atomic E-state index is 6.51. The van der Waals surface area contributed by atoms with Crippen molar-refractivity contribution in [2.75, 3.05) is 18.4 Å². The predicted octanol–water partition coefficient (Wildman–Crippen LogP) is 5.87. The molecule has 1 unspecified atom stereocenters. The molecule has 2 aromatic carbocycles. The van der Waals surface area contributed by atoms with Crippen LogP contribution >= 0.6 is 23.2 Å². The van der Waals surface area contributed by atoms with Gasteiger partial charge < -0.3 is 5.32 Å². The summed E-state index contributed by atoms with van der Waals surface area (Å²) in [5, 5.41) is 9.87. The Bertz CT molecular complexity index is 1020. The SMILES string of the molecule is Clc1ccc(-n2nc(C3CCCCN3Cc3ccccc3)c3c2NCC3)c(Cl)c1. The van der Waals surface area contributed by atoms with Crippen molar-refractivity contribution in [2.24, 2.45) is 0 Å². The molecule has 3 heterocycles. The van der Waals surface area contributed by atoms with Gasteiger partial charge in [0.2, 0.25) is 0 Å². The van der Waals surface area contributed by atoms with Crippen LogP contribution < -0.4 is 5.32 Å². The van der Waals surface area contributed by atoms with Gasteiger partial charge in [0.15, 0.2) is 0 Å². The molecule has 0 saturated carbocycles. The Morgan fingerprint density at radius 3 is 2.76 bits per heavy atom. The van der Waals surface area contributed by atoms with E-state index in [1.807, 2.05) is 16.8 Å². The van der Waals surface area contributed by atoms with E-state index in [2.05, 4.69) is 40.5 Å². The van der Waals surface area contributed by atoms with E-state index in [0.29, 0.717) is 16.1 Å². The Morgan fingerprint density at radius 2 is 1.93 bits per heavy atom. The smallest absolute Gasteiger partial charge is 0.133 e. The van der Waals surface area contributed by atoms with Gasteiger partial charge in [0.1, 0.15) is 5.82 Å². The molecule has 0 aliphatic carbocycles. The summed E-state index contributed by atoms with van der Waals surface area (Å²) in [4.78, 5) is 2.59. The normalized spacial score (nSPS) is 19.2. The van der Waals surface area contributed by atoms with Gasteiger partial charge in [0.05, 0.1) is 22.4 Å². The van der Waals surface area contributed by atoms with Gasteiger partial charge in [0, 0.05) is 23.7 Å². The lowest BCUT2D eigenvalue weighted by Gasteiger charge is -2.35. The minimum Gasteiger partial charge on any atom is -0.369 e. The molecule has 2 aliphatic heterocycles. The molecule has 1 fully saturated rings. The van der Waals surface area contributed by atoms with Crippen molar-refractivity contribution < 1.29 is 0 Å². The standard InChI is InChI=1S/C23H24Cl2N4/c24-17-9-10-20(19(25)14-17)29-23-18(11-12-26-23)22(27-29)21-8-4-5-13-28(21)15-16-6-2-1-3-7-16/h1-3,6-7,9-10,14,21,26H,4-5,8,11-13,15H2.